The molecule has 13 N–H and O–H groups in total. The molecule has 0 spiro atoms. The van der Waals surface area contributed by atoms with Crippen LogP contribution in [0.25, 0.3) is 0 Å². The SMILES string of the molecule is C=CCCCCCCN(C(=O)[C@@H](CO)NC(=O)[C@H](CC(C)C)NC(=O)[C@@H](CO)NC(=O)/C(=C\CCCCCCC)NC(C)=O)/C(=C/C(C)C)C(=O)N[C@H](CC(=O)O)C(=O)N/C(=C\CCCCCCC)C(=O)N[C@H](CC(=O)O)C(N)=O. The Morgan fingerprint density at radius 3 is 1.45 bits per heavy atom. The Balaban J connectivity index is 7.15. The average molecular weight is 1130 g/mol. The van der Waals surface area contributed by atoms with Gasteiger partial charge in [-0.15, -0.1) is 6.58 Å². The molecule has 0 saturated heterocycles. The molecule has 452 valence electrons. The van der Waals surface area contributed by atoms with Gasteiger partial charge in [0.1, 0.15) is 47.3 Å². The fraction of sp³-hybridized carbons (Fsp3) is 0.661. The van der Waals surface area contributed by atoms with Crippen molar-refractivity contribution < 1.29 is 73.2 Å². The van der Waals surface area contributed by atoms with Gasteiger partial charge in [-0.2, -0.15) is 0 Å². The third-order valence-corrected chi connectivity index (χ3v) is 12.2. The highest BCUT2D eigenvalue weighted by Crippen LogP contribution is 2.17. The fourth-order valence-corrected chi connectivity index (χ4v) is 7.97. The minimum absolute atomic E-state index is 0.0426. The summed E-state index contributed by atoms with van der Waals surface area (Å²) in [5, 5.41) is 56.9. The zero-order chi connectivity index (χ0) is 60.7. The Morgan fingerprint density at radius 2 is 0.988 bits per heavy atom. The van der Waals surface area contributed by atoms with Crippen LogP contribution in [0.15, 0.2) is 48.0 Å². The van der Waals surface area contributed by atoms with E-state index in [4.69, 9.17) is 5.73 Å². The summed E-state index contributed by atoms with van der Waals surface area (Å²) in [5.41, 5.74) is 4.31. The van der Waals surface area contributed by atoms with Gasteiger partial charge < -0.3 is 68.3 Å². The number of hydrogen-bond donors (Lipinski definition) is 12. The van der Waals surface area contributed by atoms with Crippen molar-refractivity contribution in [2.24, 2.45) is 17.6 Å². The average Bonchev–Trinajstić information content (AvgIpc) is 3.38. The molecule has 0 bridgehead atoms. The Hall–Kier alpha value is -6.95. The van der Waals surface area contributed by atoms with Crippen molar-refractivity contribution in [2.75, 3.05) is 19.8 Å². The van der Waals surface area contributed by atoms with E-state index in [1.165, 1.54) is 25.2 Å². The fourth-order valence-electron chi connectivity index (χ4n) is 7.97. The van der Waals surface area contributed by atoms with Gasteiger partial charge in [0, 0.05) is 13.5 Å². The van der Waals surface area contributed by atoms with Gasteiger partial charge in [0.25, 0.3) is 23.6 Å². The number of aliphatic hydroxyl groups is 2. The van der Waals surface area contributed by atoms with Crippen LogP contribution in [0, 0.1) is 11.8 Å². The van der Waals surface area contributed by atoms with E-state index in [0.717, 1.165) is 69.1 Å². The van der Waals surface area contributed by atoms with Crippen LogP contribution in [0.5, 0.6) is 0 Å². The number of nitrogens with zero attached hydrogens (tertiary/aromatic N) is 1. The molecule has 0 aromatic carbocycles. The van der Waals surface area contributed by atoms with Gasteiger partial charge >= 0.3 is 11.9 Å². The summed E-state index contributed by atoms with van der Waals surface area (Å²) in [6.45, 7) is 13.7. The second-order valence-electron chi connectivity index (χ2n) is 20.4. The zero-order valence-electron chi connectivity index (χ0n) is 48.1. The molecule has 9 amide bonds. The van der Waals surface area contributed by atoms with E-state index >= 15 is 0 Å². The van der Waals surface area contributed by atoms with Crippen LogP contribution in [-0.2, 0) is 52.7 Å². The van der Waals surface area contributed by atoms with Crippen LogP contribution < -0.4 is 43.0 Å². The van der Waals surface area contributed by atoms with Crippen molar-refractivity contribution in [1.29, 1.82) is 0 Å². The molecule has 24 heteroatoms. The monoisotopic (exact) mass is 1130 g/mol. The third kappa shape index (κ3) is 31.6. The van der Waals surface area contributed by atoms with Gasteiger partial charge in [-0.25, -0.2) is 0 Å². The van der Waals surface area contributed by atoms with E-state index < -0.39 is 139 Å². The number of rotatable bonds is 44. The van der Waals surface area contributed by atoms with E-state index in [1.54, 1.807) is 33.8 Å². The summed E-state index contributed by atoms with van der Waals surface area (Å²) < 4.78 is 0. The summed E-state index contributed by atoms with van der Waals surface area (Å²) in [6, 6.07) is -8.46. The zero-order valence-corrected chi connectivity index (χ0v) is 48.1. The molecule has 0 aliphatic carbocycles. The number of allylic oxidation sites excluding steroid dienone is 4. The minimum Gasteiger partial charge on any atom is -0.481 e. The van der Waals surface area contributed by atoms with Crippen LogP contribution in [0.1, 0.15) is 177 Å². The van der Waals surface area contributed by atoms with Crippen molar-refractivity contribution >= 4 is 65.1 Å². The Labute approximate surface area is 471 Å². The minimum atomic E-state index is -1.94. The first kappa shape index (κ1) is 73.0. The molecule has 80 heavy (non-hydrogen) atoms. The van der Waals surface area contributed by atoms with Gasteiger partial charge in [0.2, 0.25) is 29.5 Å². The summed E-state index contributed by atoms with van der Waals surface area (Å²) in [7, 11) is 0. The lowest BCUT2D eigenvalue weighted by molar-refractivity contribution is -0.141. The molecule has 0 saturated carbocycles. The highest BCUT2D eigenvalue weighted by molar-refractivity contribution is 6.05. The second-order valence-corrected chi connectivity index (χ2v) is 20.4. The van der Waals surface area contributed by atoms with Crippen molar-refractivity contribution in [3.8, 4) is 0 Å². The molecule has 0 aromatic heterocycles. The first-order valence-electron chi connectivity index (χ1n) is 28.0. The number of hydrogen-bond acceptors (Lipinski definition) is 13. The summed E-state index contributed by atoms with van der Waals surface area (Å²) in [6.07, 6.45) is 16.3. The number of aliphatic carboxylic acids is 2. The van der Waals surface area contributed by atoms with Crippen molar-refractivity contribution in [3.63, 3.8) is 0 Å². The lowest BCUT2D eigenvalue weighted by Crippen LogP contribution is -2.59. The predicted molar refractivity (Wildman–Crippen MR) is 300 cm³/mol. The standard InChI is InChI=1S/C56H93N9O15/c1-9-12-15-18-21-24-27-39(58-38(8)68)50(74)63-44(34-66)54(78)61-42(30-36(4)5)52(76)64-45(35-67)56(80)65(29-26-23-20-17-14-11-3)46(31-37(6)7)55(79)62-43(33-48(71)72)53(77)59-40(28-25-22-19-16-13-10-2)51(75)60-41(49(57)73)32-47(69)70/h11,27-28,31,36-37,41-45,66-67H,3,9-10,12-26,29-30,32-35H2,1-2,4-8H3,(H2,57,73)(H,58,68)(H,59,77)(H,60,75)(H,61,78)(H,62,79)(H,63,74)(H,64,76)(H,69,70)(H,71,72)/b39-27+,40-28-,46-31+/t41-,42+,43-,44-,45-/m1/s1. The lowest BCUT2D eigenvalue weighted by atomic mass is 10.0. The van der Waals surface area contributed by atoms with Gasteiger partial charge in [0.05, 0.1) is 26.1 Å². The Morgan fingerprint density at radius 1 is 0.537 bits per heavy atom. The summed E-state index contributed by atoms with van der Waals surface area (Å²) in [4.78, 5) is 147. The molecule has 0 radical (unpaired) electrons. The van der Waals surface area contributed by atoms with E-state index in [2.05, 4.69) is 50.7 Å². The maximum Gasteiger partial charge on any atom is 0.305 e. The van der Waals surface area contributed by atoms with Crippen LogP contribution in [0.4, 0.5) is 0 Å². The number of nitrogens with one attached hydrogen (secondary N) is 7. The number of carbonyl (C=O) groups is 11. The molecule has 0 fully saturated rings. The van der Waals surface area contributed by atoms with Crippen molar-refractivity contribution in [2.45, 2.75) is 207 Å². The molecule has 0 unspecified atom stereocenters. The molecule has 0 aliphatic heterocycles. The van der Waals surface area contributed by atoms with Crippen molar-refractivity contribution in [1.82, 2.24) is 42.1 Å². The van der Waals surface area contributed by atoms with Gasteiger partial charge in [-0.05, 0) is 63.2 Å². The number of amides is 9. The number of carboxylic acids is 2. The number of unbranched alkanes of at least 4 members (excludes halogenated alkanes) is 14. The van der Waals surface area contributed by atoms with E-state index in [1.807, 2.05) is 6.92 Å². The highest BCUT2D eigenvalue weighted by atomic mass is 16.4. The molecular weight excluding hydrogens is 1040 g/mol. The number of aliphatic hydroxyl groups excluding tert-OH is 2. The summed E-state index contributed by atoms with van der Waals surface area (Å²) in [5.74, 6) is -12.9. The smallest absolute Gasteiger partial charge is 0.305 e. The Kier molecular flexibility index (Phi) is 38.4. The molecular formula is C56H93N9O15. The maximum atomic E-state index is 14.8. The van der Waals surface area contributed by atoms with E-state index in [0.29, 0.717) is 32.1 Å². The topological polar surface area (TPSA) is 382 Å². The van der Waals surface area contributed by atoms with Crippen LogP contribution >= 0.6 is 0 Å². The Bertz CT molecular complexity index is 2140. The van der Waals surface area contributed by atoms with Gasteiger partial charge in [0.15, 0.2) is 0 Å². The van der Waals surface area contributed by atoms with Gasteiger partial charge in [-0.3, -0.25) is 52.7 Å². The summed E-state index contributed by atoms with van der Waals surface area (Å²) >= 11 is 0. The first-order valence-corrected chi connectivity index (χ1v) is 28.0. The molecule has 5 atom stereocenters. The molecule has 0 aromatic rings. The number of carbonyl (C=O) groups excluding carboxylic acids is 9. The molecule has 0 heterocycles. The highest BCUT2D eigenvalue weighted by Gasteiger charge is 2.36. The second kappa shape index (κ2) is 42.0. The predicted octanol–water partition coefficient (Wildman–Crippen LogP) is 3.12. The molecule has 24 nitrogen and oxygen atoms in total. The van der Waals surface area contributed by atoms with Crippen molar-refractivity contribution in [3.05, 3.63) is 48.0 Å². The van der Waals surface area contributed by atoms with Crippen LogP contribution in [-0.4, -0.2) is 140 Å². The molecule has 0 rings (SSSR count). The van der Waals surface area contributed by atoms with E-state index in [9.17, 15) is 73.2 Å². The van der Waals surface area contributed by atoms with Crippen LogP contribution in [0.2, 0.25) is 0 Å². The third-order valence-electron chi connectivity index (χ3n) is 12.2. The normalized spacial score (nSPS) is 13.7. The van der Waals surface area contributed by atoms with Gasteiger partial charge in [-0.1, -0.05) is 130 Å². The first-order chi connectivity index (χ1) is 37.9. The van der Waals surface area contributed by atoms with Crippen LogP contribution in [0.3, 0.4) is 0 Å². The lowest BCUT2D eigenvalue weighted by Gasteiger charge is -2.31. The van der Waals surface area contributed by atoms with E-state index in [-0.39, 0.29) is 37.4 Å². The number of carboxylic acid groups (broad SMARTS) is 2. The largest absolute Gasteiger partial charge is 0.481 e. The number of primary amides is 1. The quantitative estimate of drug-likeness (QED) is 0.0237. The maximum absolute atomic E-state index is 14.8. The number of nitrogens with two attached hydrogens (primary N) is 1. The molecule has 0 aliphatic rings.